The molecule has 0 saturated carbocycles. The molecule has 1 amide bonds. The fraction of sp³-hybridized carbons (Fsp3) is 0.455. The van der Waals surface area contributed by atoms with Crippen LogP contribution in [0.1, 0.15) is 26.7 Å². The Labute approximate surface area is 205 Å². The van der Waals surface area contributed by atoms with Gasteiger partial charge in [-0.3, -0.25) is 9.69 Å². The van der Waals surface area contributed by atoms with Gasteiger partial charge >= 0.3 is 0 Å². The predicted octanol–water partition coefficient (Wildman–Crippen LogP) is 4.16. The van der Waals surface area contributed by atoms with Gasteiger partial charge in [0, 0.05) is 25.7 Å². The lowest BCUT2D eigenvalue weighted by molar-refractivity contribution is -0.121. The number of fused-ring (bicyclic) bond motifs is 1. The van der Waals surface area contributed by atoms with Crippen LogP contribution in [0.5, 0.6) is 0 Å². The Morgan fingerprint density at radius 2 is 2.00 bits per heavy atom. The second-order valence-electron chi connectivity index (χ2n) is 7.95. The van der Waals surface area contributed by atoms with E-state index in [1.807, 2.05) is 13.8 Å². The van der Waals surface area contributed by atoms with Crippen LogP contribution in [0.15, 0.2) is 33.9 Å². The van der Waals surface area contributed by atoms with Crippen LogP contribution in [-0.2, 0) is 14.8 Å². The summed E-state index contributed by atoms with van der Waals surface area (Å²) in [6.07, 6.45) is 0.948. The molecule has 34 heavy (non-hydrogen) atoms. The Hall–Kier alpha value is -1.99. The number of anilines is 1. The first-order chi connectivity index (χ1) is 16.3. The number of halogens is 2. The maximum absolute atomic E-state index is 14.3. The van der Waals surface area contributed by atoms with Gasteiger partial charge in [-0.15, -0.1) is 11.3 Å². The summed E-state index contributed by atoms with van der Waals surface area (Å²) < 4.78 is 56.2. The first-order valence-corrected chi connectivity index (χ1v) is 14.2. The van der Waals surface area contributed by atoms with Gasteiger partial charge in [-0.2, -0.15) is 4.31 Å². The summed E-state index contributed by atoms with van der Waals surface area (Å²) in [7, 11) is -3.82. The molecule has 0 radical (unpaired) electrons. The highest BCUT2D eigenvalue weighted by atomic mass is 32.2. The van der Waals surface area contributed by atoms with E-state index < -0.39 is 33.6 Å². The second kappa shape index (κ2) is 10.3. The zero-order valence-electron chi connectivity index (χ0n) is 18.9. The Bertz CT molecular complexity index is 1260. The molecule has 7 nitrogen and oxygen atoms in total. The van der Waals surface area contributed by atoms with E-state index in [2.05, 4.69) is 9.88 Å². The van der Waals surface area contributed by atoms with Gasteiger partial charge in [0.2, 0.25) is 5.91 Å². The van der Waals surface area contributed by atoms with Gasteiger partial charge in [0.1, 0.15) is 21.6 Å². The second-order valence-corrected chi connectivity index (χ2v) is 12.0. The van der Waals surface area contributed by atoms with E-state index in [0.717, 1.165) is 41.8 Å². The summed E-state index contributed by atoms with van der Waals surface area (Å²) >= 11 is 2.14. The average Bonchev–Trinajstić information content (AvgIpc) is 3.57. The molecule has 3 heterocycles. The minimum absolute atomic E-state index is 0.00322. The van der Waals surface area contributed by atoms with Crippen molar-refractivity contribution in [2.24, 2.45) is 0 Å². The number of nitrogens with zero attached hydrogens (tertiary/aromatic N) is 4. The summed E-state index contributed by atoms with van der Waals surface area (Å²) in [6, 6.07) is 4.27. The molecule has 0 N–H and O–H groups in total. The number of aromatic nitrogens is 1. The number of carbonyl (C=O) groups excluding carboxylic acids is 1. The third-order valence-electron chi connectivity index (χ3n) is 5.98. The first kappa shape index (κ1) is 25.1. The predicted molar refractivity (Wildman–Crippen MR) is 131 cm³/mol. The molecule has 2 aromatic heterocycles. The van der Waals surface area contributed by atoms with Crippen LogP contribution in [-0.4, -0.2) is 67.3 Å². The van der Waals surface area contributed by atoms with Crippen LogP contribution in [0.25, 0.3) is 10.2 Å². The summed E-state index contributed by atoms with van der Waals surface area (Å²) in [5.74, 6) is -1.91. The number of amides is 1. The first-order valence-electron chi connectivity index (χ1n) is 11.1. The molecular weight excluding hydrogens is 502 g/mol. The highest BCUT2D eigenvalue weighted by molar-refractivity contribution is 7.91. The van der Waals surface area contributed by atoms with Gasteiger partial charge < -0.3 is 4.90 Å². The molecule has 0 aliphatic carbocycles. The van der Waals surface area contributed by atoms with E-state index in [4.69, 9.17) is 0 Å². The molecule has 1 atom stereocenters. The van der Waals surface area contributed by atoms with Crippen LogP contribution in [0, 0.1) is 11.6 Å². The summed E-state index contributed by atoms with van der Waals surface area (Å²) in [6.45, 7) is 6.63. The molecule has 1 aromatic carbocycles. The zero-order valence-corrected chi connectivity index (χ0v) is 21.4. The Morgan fingerprint density at radius 3 is 2.68 bits per heavy atom. The van der Waals surface area contributed by atoms with Crippen LogP contribution >= 0.6 is 22.7 Å². The minimum atomic E-state index is -3.82. The number of hydrogen-bond donors (Lipinski definition) is 0. The van der Waals surface area contributed by atoms with Crippen molar-refractivity contribution in [2.45, 2.75) is 36.9 Å². The third kappa shape index (κ3) is 4.87. The molecule has 1 saturated heterocycles. The van der Waals surface area contributed by atoms with E-state index in [1.54, 1.807) is 11.4 Å². The molecule has 1 unspecified atom stereocenters. The normalized spacial score (nSPS) is 17.1. The average molecular weight is 529 g/mol. The van der Waals surface area contributed by atoms with Crippen molar-refractivity contribution in [1.82, 2.24) is 14.2 Å². The van der Waals surface area contributed by atoms with Gasteiger partial charge in [0.05, 0.1) is 4.70 Å². The van der Waals surface area contributed by atoms with Crippen molar-refractivity contribution >= 4 is 54.0 Å². The highest BCUT2D eigenvalue weighted by Gasteiger charge is 2.42. The van der Waals surface area contributed by atoms with Crippen molar-refractivity contribution in [3.05, 3.63) is 41.3 Å². The van der Waals surface area contributed by atoms with E-state index in [9.17, 15) is 22.0 Å². The third-order valence-corrected chi connectivity index (χ3v) is 10.3. The number of hydrogen-bond acceptors (Lipinski definition) is 7. The van der Waals surface area contributed by atoms with Gasteiger partial charge in [0.15, 0.2) is 10.9 Å². The molecule has 3 aromatic rings. The number of thiazole rings is 1. The van der Waals surface area contributed by atoms with E-state index in [1.165, 1.54) is 21.3 Å². The summed E-state index contributed by atoms with van der Waals surface area (Å²) in [4.78, 5) is 21.7. The molecular formula is C22H26F2N4O3S3. The Kier molecular flexibility index (Phi) is 7.63. The smallest absolute Gasteiger partial charge is 0.253 e. The van der Waals surface area contributed by atoms with Crippen LogP contribution < -0.4 is 4.90 Å². The van der Waals surface area contributed by atoms with Crippen LogP contribution in [0.4, 0.5) is 13.9 Å². The number of thiophene rings is 1. The molecule has 1 fully saturated rings. The Morgan fingerprint density at radius 1 is 1.24 bits per heavy atom. The van der Waals surface area contributed by atoms with Crippen molar-refractivity contribution in [3.8, 4) is 0 Å². The maximum atomic E-state index is 14.3. The van der Waals surface area contributed by atoms with Crippen molar-refractivity contribution in [1.29, 1.82) is 0 Å². The standard InChI is InChI=1S/C22H26F2N4O3S3/c1-3-26(4-2)10-11-27(22-25-20-16(24)13-15(23)14-18(20)33-22)21(29)17-7-5-9-28(17)34(30,31)19-8-6-12-32-19/h6,8,12-14,17H,3-5,7,9-11H2,1-2H3. The maximum Gasteiger partial charge on any atom is 0.253 e. The van der Waals surface area contributed by atoms with Gasteiger partial charge in [-0.25, -0.2) is 22.2 Å². The highest BCUT2D eigenvalue weighted by Crippen LogP contribution is 2.34. The van der Waals surface area contributed by atoms with Gasteiger partial charge in [-0.1, -0.05) is 31.3 Å². The lowest BCUT2D eigenvalue weighted by Gasteiger charge is -2.29. The molecule has 184 valence electrons. The van der Waals surface area contributed by atoms with Crippen LogP contribution in [0.2, 0.25) is 0 Å². The molecule has 0 spiro atoms. The summed E-state index contributed by atoms with van der Waals surface area (Å²) in [5.41, 5.74) is -0.00322. The monoisotopic (exact) mass is 528 g/mol. The lowest BCUT2D eigenvalue weighted by Crippen LogP contribution is -2.49. The van der Waals surface area contributed by atoms with Gasteiger partial charge in [0.25, 0.3) is 10.0 Å². The number of carbonyl (C=O) groups is 1. The number of sulfonamides is 1. The van der Waals surface area contributed by atoms with Crippen molar-refractivity contribution in [3.63, 3.8) is 0 Å². The van der Waals surface area contributed by atoms with E-state index >= 15 is 0 Å². The fourth-order valence-corrected chi connectivity index (χ4v) is 7.93. The van der Waals surface area contributed by atoms with Crippen LogP contribution in [0.3, 0.4) is 0 Å². The zero-order chi connectivity index (χ0) is 24.5. The topological polar surface area (TPSA) is 73.8 Å². The fourth-order valence-electron chi connectivity index (χ4n) is 4.12. The van der Waals surface area contributed by atoms with E-state index in [0.29, 0.717) is 24.1 Å². The Balaban J connectivity index is 1.70. The number of likely N-dealkylation sites (N-methyl/N-ethyl adjacent to an activating group) is 1. The van der Waals surface area contributed by atoms with E-state index in [-0.39, 0.29) is 27.9 Å². The summed E-state index contributed by atoms with van der Waals surface area (Å²) in [5, 5.41) is 1.92. The lowest BCUT2D eigenvalue weighted by atomic mass is 10.2. The largest absolute Gasteiger partial charge is 0.302 e. The SMILES string of the molecule is CCN(CC)CCN(C(=O)C1CCCN1S(=O)(=O)c1cccs1)c1nc2c(F)cc(F)cc2s1. The van der Waals surface area contributed by atoms with Crippen molar-refractivity contribution in [2.75, 3.05) is 37.6 Å². The van der Waals surface area contributed by atoms with Crippen molar-refractivity contribution < 1.29 is 22.0 Å². The van der Waals surface area contributed by atoms with Gasteiger partial charge in [-0.05, 0) is 43.4 Å². The molecule has 0 bridgehead atoms. The molecule has 4 rings (SSSR count). The molecule has 1 aliphatic heterocycles. The minimum Gasteiger partial charge on any atom is -0.302 e. The number of rotatable bonds is 9. The quantitative estimate of drug-likeness (QED) is 0.417. The number of benzene rings is 1. The molecule has 1 aliphatic rings. The molecule has 12 heteroatoms.